The number of carboxylic acids is 1. The number of hydrogen-bond acceptors (Lipinski definition) is 3. The Labute approximate surface area is 207 Å². The van der Waals surface area contributed by atoms with Gasteiger partial charge in [-0.05, 0) is 12.8 Å². The van der Waals surface area contributed by atoms with Crippen LogP contribution in [0.5, 0.6) is 0 Å². The average Bonchev–Trinajstić information content (AvgIpc) is 2.73. The lowest BCUT2D eigenvalue weighted by Gasteiger charge is -2.28. The number of unbranched alkanes of at least 4 members (excludes halogenated alkanes) is 7. The fraction of sp³-hybridized carbons (Fsp3) is 0.517. The molecule has 0 aromatic rings. The lowest BCUT2D eigenvalue weighted by molar-refractivity contribution is -0.873. The van der Waals surface area contributed by atoms with E-state index in [0.29, 0.717) is 11.0 Å². The number of hydrogen-bond donors (Lipinski definition) is 1. The molecule has 1 unspecified atom stereocenters. The van der Waals surface area contributed by atoms with Crippen LogP contribution in [0.15, 0.2) is 72.9 Å². The SMILES string of the molecule is CCCCCCCCCC=CC=CC=CC=CC=CC=CC(=O)OC(CC(=O)O)C[N+](C)(C)C. The molecule has 0 bridgehead atoms. The van der Waals surface area contributed by atoms with Gasteiger partial charge in [-0.25, -0.2) is 4.79 Å². The van der Waals surface area contributed by atoms with Gasteiger partial charge in [-0.2, -0.15) is 0 Å². The highest BCUT2D eigenvalue weighted by molar-refractivity contribution is 5.82. The molecule has 0 amide bonds. The Morgan fingerprint density at radius 2 is 1.26 bits per heavy atom. The Kier molecular flexibility index (Phi) is 19.3. The van der Waals surface area contributed by atoms with Gasteiger partial charge < -0.3 is 14.3 Å². The van der Waals surface area contributed by atoms with Crippen LogP contribution in [-0.2, 0) is 14.3 Å². The van der Waals surface area contributed by atoms with E-state index < -0.39 is 18.0 Å². The third-order valence-corrected chi connectivity index (χ3v) is 4.78. The van der Waals surface area contributed by atoms with E-state index in [1.54, 1.807) is 18.2 Å². The second-order valence-electron chi connectivity index (χ2n) is 9.37. The minimum Gasteiger partial charge on any atom is -0.481 e. The standard InChI is InChI=1S/C29H45NO4/c1-5-6-7-8-9-10-11-12-13-14-15-16-17-18-19-20-21-22-23-24-29(33)34-27(25-28(31)32)26-30(2,3)4/h13-24,27H,5-12,25-26H2,1-4H3/p+1. The number of carboxylic acid groups (broad SMARTS) is 1. The highest BCUT2D eigenvalue weighted by atomic mass is 16.5. The van der Waals surface area contributed by atoms with E-state index in [2.05, 4.69) is 19.1 Å². The molecule has 0 aliphatic carbocycles. The van der Waals surface area contributed by atoms with Crippen LogP contribution < -0.4 is 0 Å². The first-order valence-corrected chi connectivity index (χ1v) is 12.5. The Hall–Kier alpha value is -2.66. The van der Waals surface area contributed by atoms with Gasteiger partial charge in [0, 0.05) is 6.08 Å². The maximum absolute atomic E-state index is 11.9. The number of nitrogens with zero attached hydrogens (tertiary/aromatic N) is 1. The molecule has 34 heavy (non-hydrogen) atoms. The predicted molar refractivity (Wildman–Crippen MR) is 142 cm³/mol. The van der Waals surface area contributed by atoms with Crippen LogP contribution in [0.4, 0.5) is 0 Å². The van der Waals surface area contributed by atoms with Gasteiger partial charge in [0.25, 0.3) is 0 Å². The van der Waals surface area contributed by atoms with Gasteiger partial charge in [-0.3, -0.25) is 4.79 Å². The molecular weight excluding hydrogens is 426 g/mol. The fourth-order valence-corrected chi connectivity index (χ4v) is 3.19. The van der Waals surface area contributed by atoms with E-state index in [0.717, 1.165) is 6.42 Å². The number of carbonyl (C=O) groups excluding carboxylic acids is 1. The molecule has 0 saturated carbocycles. The van der Waals surface area contributed by atoms with Gasteiger partial charge in [0.05, 0.1) is 27.6 Å². The lowest BCUT2D eigenvalue weighted by atomic mass is 10.1. The largest absolute Gasteiger partial charge is 0.481 e. The maximum Gasteiger partial charge on any atom is 0.331 e. The van der Waals surface area contributed by atoms with E-state index in [9.17, 15) is 9.59 Å². The fourth-order valence-electron chi connectivity index (χ4n) is 3.19. The summed E-state index contributed by atoms with van der Waals surface area (Å²) in [5.74, 6) is -1.53. The third kappa shape index (κ3) is 24.0. The number of ether oxygens (including phenoxy) is 1. The summed E-state index contributed by atoms with van der Waals surface area (Å²) < 4.78 is 5.79. The molecule has 0 spiro atoms. The van der Waals surface area contributed by atoms with Crippen LogP contribution in [0.2, 0.25) is 0 Å². The van der Waals surface area contributed by atoms with Crippen LogP contribution in [0.3, 0.4) is 0 Å². The van der Waals surface area contributed by atoms with Gasteiger partial charge in [0.15, 0.2) is 6.10 Å². The second-order valence-corrected chi connectivity index (χ2v) is 9.37. The van der Waals surface area contributed by atoms with Gasteiger partial charge >= 0.3 is 11.9 Å². The molecule has 1 N–H and O–H groups in total. The highest BCUT2D eigenvalue weighted by Crippen LogP contribution is 2.08. The molecule has 0 saturated heterocycles. The number of rotatable bonds is 19. The topological polar surface area (TPSA) is 63.6 Å². The van der Waals surface area contributed by atoms with Crippen LogP contribution in [0, 0.1) is 0 Å². The zero-order chi connectivity index (χ0) is 25.5. The van der Waals surface area contributed by atoms with Gasteiger partial charge in [0.1, 0.15) is 6.54 Å². The first-order valence-electron chi connectivity index (χ1n) is 12.5. The van der Waals surface area contributed by atoms with Gasteiger partial charge in [-0.15, -0.1) is 0 Å². The quantitative estimate of drug-likeness (QED) is 0.0760. The van der Waals surface area contributed by atoms with Crippen molar-refractivity contribution in [3.05, 3.63) is 72.9 Å². The first-order chi connectivity index (χ1) is 16.2. The van der Waals surface area contributed by atoms with Crippen molar-refractivity contribution in [2.24, 2.45) is 0 Å². The van der Waals surface area contributed by atoms with Crippen LogP contribution in [-0.4, -0.2) is 55.3 Å². The van der Waals surface area contributed by atoms with E-state index in [4.69, 9.17) is 9.84 Å². The van der Waals surface area contributed by atoms with E-state index in [-0.39, 0.29) is 6.42 Å². The number of likely N-dealkylation sites (N-methyl/N-ethyl adjacent to an activating group) is 1. The van der Waals surface area contributed by atoms with E-state index in [1.165, 1.54) is 51.0 Å². The second kappa shape index (κ2) is 20.9. The summed E-state index contributed by atoms with van der Waals surface area (Å²) >= 11 is 0. The van der Waals surface area contributed by atoms with Crippen molar-refractivity contribution >= 4 is 11.9 Å². The molecule has 5 heteroatoms. The van der Waals surface area contributed by atoms with Crippen molar-refractivity contribution in [1.82, 2.24) is 0 Å². The molecular formula is C29H46NO4+. The zero-order valence-electron chi connectivity index (χ0n) is 21.7. The summed E-state index contributed by atoms with van der Waals surface area (Å²) in [4.78, 5) is 22.9. The molecule has 190 valence electrons. The molecule has 0 radical (unpaired) electrons. The minimum atomic E-state index is -0.984. The van der Waals surface area contributed by atoms with Crippen molar-refractivity contribution in [2.45, 2.75) is 70.8 Å². The molecule has 5 nitrogen and oxygen atoms in total. The van der Waals surface area contributed by atoms with Crippen molar-refractivity contribution in [1.29, 1.82) is 0 Å². The molecule has 0 aromatic heterocycles. The molecule has 1 atom stereocenters. The van der Waals surface area contributed by atoms with E-state index >= 15 is 0 Å². The van der Waals surface area contributed by atoms with Crippen molar-refractivity contribution in [3.8, 4) is 0 Å². The lowest BCUT2D eigenvalue weighted by Crippen LogP contribution is -2.43. The van der Waals surface area contributed by atoms with Crippen LogP contribution >= 0.6 is 0 Å². The molecule has 0 aliphatic heterocycles. The zero-order valence-corrected chi connectivity index (χ0v) is 21.7. The van der Waals surface area contributed by atoms with Gasteiger partial charge in [0.2, 0.25) is 0 Å². The van der Waals surface area contributed by atoms with Crippen molar-refractivity contribution in [3.63, 3.8) is 0 Å². The monoisotopic (exact) mass is 472 g/mol. The average molecular weight is 473 g/mol. The third-order valence-electron chi connectivity index (χ3n) is 4.78. The normalized spacial score (nSPS) is 14.0. The Balaban J connectivity index is 4.07. The molecule has 0 aromatic carbocycles. The summed E-state index contributed by atoms with van der Waals surface area (Å²) in [5, 5.41) is 8.99. The number of quaternary nitrogens is 1. The molecule has 0 fully saturated rings. The summed E-state index contributed by atoms with van der Waals surface area (Å²) in [6, 6.07) is 0. The Bertz CT molecular complexity index is 721. The summed E-state index contributed by atoms with van der Waals surface area (Å²) in [6.07, 6.45) is 32.1. The predicted octanol–water partition coefficient (Wildman–Crippen LogP) is 6.56. The number of carbonyl (C=O) groups is 2. The van der Waals surface area contributed by atoms with E-state index in [1.807, 2.05) is 57.6 Å². The molecule has 0 rings (SSSR count). The maximum atomic E-state index is 11.9. The summed E-state index contributed by atoms with van der Waals surface area (Å²) in [5.41, 5.74) is 0. The summed E-state index contributed by atoms with van der Waals surface area (Å²) in [6.45, 7) is 2.68. The molecule has 0 heterocycles. The van der Waals surface area contributed by atoms with Crippen molar-refractivity contribution < 1.29 is 23.9 Å². The highest BCUT2D eigenvalue weighted by Gasteiger charge is 2.23. The number of aliphatic carboxylic acids is 1. The first kappa shape index (κ1) is 31.3. The van der Waals surface area contributed by atoms with Crippen LogP contribution in [0.1, 0.15) is 64.7 Å². The number of esters is 1. The smallest absolute Gasteiger partial charge is 0.331 e. The number of allylic oxidation sites excluding steroid dienone is 11. The molecule has 0 aliphatic rings. The van der Waals surface area contributed by atoms with Crippen molar-refractivity contribution in [2.75, 3.05) is 27.7 Å². The van der Waals surface area contributed by atoms with Crippen LogP contribution in [0.25, 0.3) is 0 Å². The minimum absolute atomic E-state index is 0.205. The summed E-state index contributed by atoms with van der Waals surface area (Å²) in [7, 11) is 5.77. The van der Waals surface area contributed by atoms with Gasteiger partial charge in [-0.1, -0.05) is 112 Å². The Morgan fingerprint density at radius 3 is 1.79 bits per heavy atom. The Morgan fingerprint density at radius 1 is 0.765 bits per heavy atom.